The fourth-order valence-corrected chi connectivity index (χ4v) is 3.52. The molecule has 2 aromatic rings. The van der Waals surface area contributed by atoms with E-state index in [1.807, 2.05) is 6.07 Å². The van der Waals surface area contributed by atoms with E-state index < -0.39 is 0 Å². The highest BCUT2D eigenvalue weighted by Gasteiger charge is 2.25. The summed E-state index contributed by atoms with van der Waals surface area (Å²) < 4.78 is 0. The van der Waals surface area contributed by atoms with E-state index >= 15 is 0 Å². The standard InChI is InChI=1S/C23H31N3O/c1-4-6-18-9-10-20(17(3)12-18)13-22(27)21-14-23(25-16-24-21)26(11-5-2)15-19-7-8-19/h9-10,12,14,16,19H,4-8,11,13,15H2,1-3H3. The minimum atomic E-state index is 0.0628. The van der Waals surface area contributed by atoms with Crippen LogP contribution >= 0.6 is 0 Å². The lowest BCUT2D eigenvalue weighted by atomic mass is 9.98. The summed E-state index contributed by atoms with van der Waals surface area (Å²) in [4.78, 5) is 23.8. The summed E-state index contributed by atoms with van der Waals surface area (Å²) in [7, 11) is 0. The molecule has 1 aromatic heterocycles. The first-order valence-corrected chi connectivity index (χ1v) is 10.3. The first-order chi connectivity index (χ1) is 13.1. The minimum absolute atomic E-state index is 0.0628. The average molecular weight is 366 g/mol. The minimum Gasteiger partial charge on any atom is -0.356 e. The van der Waals surface area contributed by atoms with Crippen LogP contribution in [0, 0.1) is 12.8 Å². The molecule has 4 heteroatoms. The number of aryl methyl sites for hydroxylation is 2. The van der Waals surface area contributed by atoms with Crippen molar-refractivity contribution in [2.75, 3.05) is 18.0 Å². The Balaban J connectivity index is 1.73. The molecule has 0 unspecified atom stereocenters. The molecule has 0 bridgehead atoms. The van der Waals surface area contributed by atoms with Crippen LogP contribution in [0.1, 0.15) is 66.7 Å². The molecule has 0 aliphatic heterocycles. The number of aromatic nitrogens is 2. The largest absolute Gasteiger partial charge is 0.356 e. The highest BCUT2D eigenvalue weighted by atomic mass is 16.1. The van der Waals surface area contributed by atoms with Crippen molar-refractivity contribution in [3.8, 4) is 0 Å². The van der Waals surface area contributed by atoms with Gasteiger partial charge in [0.05, 0.1) is 0 Å². The van der Waals surface area contributed by atoms with E-state index in [1.54, 1.807) is 0 Å². The maximum Gasteiger partial charge on any atom is 0.185 e. The number of benzene rings is 1. The molecule has 1 saturated carbocycles. The van der Waals surface area contributed by atoms with E-state index in [4.69, 9.17) is 0 Å². The Morgan fingerprint density at radius 1 is 1.15 bits per heavy atom. The third-order valence-corrected chi connectivity index (χ3v) is 5.23. The zero-order valence-corrected chi connectivity index (χ0v) is 16.9. The third-order valence-electron chi connectivity index (χ3n) is 5.23. The van der Waals surface area contributed by atoms with Crippen molar-refractivity contribution in [3.05, 3.63) is 53.0 Å². The fourth-order valence-electron chi connectivity index (χ4n) is 3.52. The molecule has 1 aromatic carbocycles. The maximum absolute atomic E-state index is 12.8. The molecule has 0 atom stereocenters. The number of hydrogen-bond acceptors (Lipinski definition) is 4. The maximum atomic E-state index is 12.8. The normalized spacial score (nSPS) is 13.6. The van der Waals surface area contributed by atoms with Crippen LogP contribution in [0.5, 0.6) is 0 Å². The number of anilines is 1. The van der Waals surface area contributed by atoms with Crippen molar-refractivity contribution in [1.82, 2.24) is 9.97 Å². The topological polar surface area (TPSA) is 46.1 Å². The van der Waals surface area contributed by atoms with Crippen LogP contribution in [-0.4, -0.2) is 28.8 Å². The molecular weight excluding hydrogens is 334 g/mol. The molecule has 4 nitrogen and oxygen atoms in total. The van der Waals surface area contributed by atoms with Gasteiger partial charge in [0.15, 0.2) is 5.78 Å². The molecule has 1 aliphatic rings. The van der Waals surface area contributed by atoms with Gasteiger partial charge < -0.3 is 4.90 Å². The number of carbonyl (C=O) groups is 1. The molecule has 1 heterocycles. The van der Waals surface area contributed by atoms with Crippen molar-refractivity contribution < 1.29 is 4.79 Å². The van der Waals surface area contributed by atoms with Gasteiger partial charge in [-0.2, -0.15) is 0 Å². The molecule has 27 heavy (non-hydrogen) atoms. The van der Waals surface area contributed by atoms with E-state index in [0.29, 0.717) is 12.1 Å². The van der Waals surface area contributed by atoms with Crippen LogP contribution in [0.15, 0.2) is 30.6 Å². The van der Waals surface area contributed by atoms with E-state index in [9.17, 15) is 4.79 Å². The van der Waals surface area contributed by atoms with Crippen LogP contribution in [0.4, 0.5) is 5.82 Å². The smallest absolute Gasteiger partial charge is 0.185 e. The van der Waals surface area contributed by atoms with Crippen LogP contribution in [-0.2, 0) is 12.8 Å². The van der Waals surface area contributed by atoms with Gasteiger partial charge in [-0.1, -0.05) is 38.5 Å². The highest BCUT2D eigenvalue weighted by molar-refractivity contribution is 5.96. The summed E-state index contributed by atoms with van der Waals surface area (Å²) in [6, 6.07) is 8.32. The molecule has 1 fully saturated rings. The van der Waals surface area contributed by atoms with Gasteiger partial charge in [0.2, 0.25) is 0 Å². The van der Waals surface area contributed by atoms with Crippen molar-refractivity contribution >= 4 is 11.6 Å². The predicted octanol–water partition coefficient (Wildman–Crippen LogP) is 4.79. The molecule has 0 spiro atoms. The molecule has 0 saturated heterocycles. The van der Waals surface area contributed by atoms with Gasteiger partial charge in [0.25, 0.3) is 0 Å². The van der Waals surface area contributed by atoms with Crippen LogP contribution in [0.25, 0.3) is 0 Å². The van der Waals surface area contributed by atoms with Crippen molar-refractivity contribution in [1.29, 1.82) is 0 Å². The first kappa shape index (κ1) is 19.5. The zero-order chi connectivity index (χ0) is 19.2. The Bertz CT molecular complexity index is 783. The van der Waals surface area contributed by atoms with Gasteiger partial charge in [-0.25, -0.2) is 9.97 Å². The second kappa shape index (κ2) is 9.12. The summed E-state index contributed by atoms with van der Waals surface area (Å²) in [5.74, 6) is 1.74. The Morgan fingerprint density at radius 3 is 2.63 bits per heavy atom. The predicted molar refractivity (Wildman–Crippen MR) is 110 cm³/mol. The highest BCUT2D eigenvalue weighted by Crippen LogP contribution is 2.31. The second-order valence-corrected chi connectivity index (χ2v) is 7.76. The molecule has 144 valence electrons. The average Bonchev–Trinajstić information content (AvgIpc) is 3.48. The van der Waals surface area contributed by atoms with Gasteiger partial charge in [-0.3, -0.25) is 4.79 Å². The summed E-state index contributed by atoms with van der Waals surface area (Å²) in [5, 5.41) is 0. The monoisotopic (exact) mass is 365 g/mol. The van der Waals surface area contributed by atoms with Gasteiger partial charge in [-0.15, -0.1) is 0 Å². The summed E-state index contributed by atoms with van der Waals surface area (Å²) in [6.45, 7) is 8.46. The van der Waals surface area contributed by atoms with Crippen LogP contribution in [0.2, 0.25) is 0 Å². The number of rotatable bonds is 10. The Morgan fingerprint density at radius 2 is 1.96 bits per heavy atom. The molecule has 0 radical (unpaired) electrons. The Labute approximate surface area is 163 Å². The molecule has 0 N–H and O–H groups in total. The summed E-state index contributed by atoms with van der Waals surface area (Å²) in [6.07, 6.45) is 7.84. The summed E-state index contributed by atoms with van der Waals surface area (Å²) in [5.41, 5.74) is 4.13. The number of Topliss-reactive ketones (excluding diaryl/α,β-unsaturated/α-hetero) is 1. The van der Waals surface area contributed by atoms with Gasteiger partial charge >= 0.3 is 0 Å². The van der Waals surface area contributed by atoms with Crippen LogP contribution < -0.4 is 4.90 Å². The van der Waals surface area contributed by atoms with Crippen molar-refractivity contribution in [3.63, 3.8) is 0 Å². The number of hydrogen-bond donors (Lipinski definition) is 0. The lowest BCUT2D eigenvalue weighted by Crippen LogP contribution is -2.27. The lowest BCUT2D eigenvalue weighted by molar-refractivity contribution is 0.0988. The fraction of sp³-hybridized carbons (Fsp3) is 0.522. The Hall–Kier alpha value is -2.23. The van der Waals surface area contributed by atoms with Crippen molar-refractivity contribution in [2.45, 2.75) is 59.3 Å². The Kier molecular flexibility index (Phi) is 6.59. The zero-order valence-electron chi connectivity index (χ0n) is 16.9. The van der Waals surface area contributed by atoms with E-state index in [0.717, 1.165) is 49.7 Å². The first-order valence-electron chi connectivity index (χ1n) is 10.3. The summed E-state index contributed by atoms with van der Waals surface area (Å²) >= 11 is 0. The van der Waals surface area contributed by atoms with E-state index in [2.05, 4.69) is 53.8 Å². The van der Waals surface area contributed by atoms with Gasteiger partial charge in [0, 0.05) is 25.6 Å². The van der Waals surface area contributed by atoms with E-state index in [1.165, 1.54) is 30.3 Å². The van der Waals surface area contributed by atoms with Crippen molar-refractivity contribution in [2.24, 2.45) is 5.92 Å². The number of nitrogens with zero attached hydrogens (tertiary/aromatic N) is 3. The second-order valence-electron chi connectivity index (χ2n) is 7.76. The molecule has 1 aliphatic carbocycles. The number of carbonyl (C=O) groups excluding carboxylic acids is 1. The molecule has 3 rings (SSSR count). The van der Waals surface area contributed by atoms with Crippen LogP contribution in [0.3, 0.4) is 0 Å². The SMILES string of the molecule is CCCc1ccc(CC(=O)c2cc(N(CCC)CC3CC3)ncn2)c(C)c1. The lowest BCUT2D eigenvalue weighted by Gasteiger charge is -2.23. The molecule has 0 amide bonds. The third kappa shape index (κ3) is 5.38. The van der Waals surface area contributed by atoms with E-state index in [-0.39, 0.29) is 5.78 Å². The molecular formula is C23H31N3O. The van der Waals surface area contributed by atoms with Gasteiger partial charge in [-0.05, 0) is 55.2 Å². The quantitative estimate of drug-likeness (QED) is 0.568. The van der Waals surface area contributed by atoms with Gasteiger partial charge in [0.1, 0.15) is 17.8 Å². The number of ketones is 1.